The number of carbonyl (C=O) groups is 1. The van der Waals surface area contributed by atoms with E-state index in [2.05, 4.69) is 11.4 Å². The Morgan fingerprint density at radius 2 is 2.00 bits per heavy atom. The first-order chi connectivity index (χ1) is 20.0. The fourth-order valence-corrected chi connectivity index (χ4v) is 7.08. The van der Waals surface area contributed by atoms with Crippen molar-refractivity contribution < 1.29 is 32.5 Å². The van der Waals surface area contributed by atoms with E-state index in [9.17, 15) is 18.3 Å². The van der Waals surface area contributed by atoms with Gasteiger partial charge in [0.05, 0.1) is 42.2 Å². The summed E-state index contributed by atoms with van der Waals surface area (Å²) in [5, 5.41) is 23.4. The SMILES string of the molecule is CC(C)(CCC#N)CN(C[C@H](O)[C@H](Cc1ccccc1)NC(=O)O[C@@H]1CO[C@@H]2OCC[C@@H]21)S(=O)(=O)c1cccc(N)c1. The first kappa shape index (κ1) is 31.7. The van der Waals surface area contributed by atoms with Crippen LogP contribution >= 0.6 is 0 Å². The number of ether oxygens (including phenoxy) is 3. The number of hydrogen-bond donors (Lipinski definition) is 3. The van der Waals surface area contributed by atoms with E-state index < -0.39 is 39.8 Å². The number of amides is 1. The molecule has 2 fully saturated rings. The van der Waals surface area contributed by atoms with Gasteiger partial charge in [-0.25, -0.2) is 13.2 Å². The Bertz CT molecular complexity index is 1350. The lowest BCUT2D eigenvalue weighted by Crippen LogP contribution is -2.52. The molecule has 0 bridgehead atoms. The molecule has 2 aliphatic heterocycles. The molecule has 5 atom stereocenters. The summed E-state index contributed by atoms with van der Waals surface area (Å²) in [6.07, 6.45) is -1.23. The Morgan fingerprint density at radius 3 is 2.71 bits per heavy atom. The molecular weight excluding hydrogens is 560 g/mol. The fourth-order valence-electron chi connectivity index (χ4n) is 5.38. The highest BCUT2D eigenvalue weighted by molar-refractivity contribution is 7.89. The zero-order chi connectivity index (χ0) is 30.3. The molecule has 0 spiro atoms. The van der Waals surface area contributed by atoms with Crippen LogP contribution < -0.4 is 11.1 Å². The van der Waals surface area contributed by atoms with Crippen LogP contribution in [-0.2, 0) is 30.7 Å². The van der Waals surface area contributed by atoms with Gasteiger partial charge in [-0.1, -0.05) is 50.2 Å². The maximum Gasteiger partial charge on any atom is 0.407 e. The number of fused-ring (bicyclic) bond motifs is 1. The Balaban J connectivity index is 1.56. The number of nitrogen functional groups attached to an aromatic ring is 1. The number of aliphatic hydroxyl groups excluding tert-OH is 1. The van der Waals surface area contributed by atoms with E-state index in [-0.39, 0.29) is 55.3 Å². The molecule has 0 aromatic heterocycles. The molecule has 0 saturated carbocycles. The summed E-state index contributed by atoms with van der Waals surface area (Å²) < 4.78 is 45.7. The van der Waals surface area contributed by atoms with Gasteiger partial charge in [-0.3, -0.25) is 0 Å². The van der Waals surface area contributed by atoms with Crippen molar-refractivity contribution >= 4 is 21.8 Å². The number of rotatable bonds is 13. The van der Waals surface area contributed by atoms with Gasteiger partial charge in [0.25, 0.3) is 0 Å². The molecule has 0 unspecified atom stereocenters. The Morgan fingerprint density at radius 1 is 1.24 bits per heavy atom. The van der Waals surface area contributed by atoms with Crippen molar-refractivity contribution in [2.75, 3.05) is 32.0 Å². The van der Waals surface area contributed by atoms with Crippen molar-refractivity contribution in [3.05, 3.63) is 60.2 Å². The monoisotopic (exact) mass is 600 g/mol. The van der Waals surface area contributed by atoms with Gasteiger partial charge in [0.15, 0.2) is 6.29 Å². The predicted octanol–water partition coefficient (Wildman–Crippen LogP) is 3.05. The number of nitrogens with one attached hydrogen (secondary N) is 1. The summed E-state index contributed by atoms with van der Waals surface area (Å²) in [4.78, 5) is 13.1. The number of nitrogens with zero attached hydrogens (tertiary/aromatic N) is 2. The second-order valence-electron chi connectivity index (χ2n) is 11.7. The van der Waals surface area contributed by atoms with Crippen molar-refractivity contribution in [3.8, 4) is 6.07 Å². The second-order valence-corrected chi connectivity index (χ2v) is 13.6. The van der Waals surface area contributed by atoms with Crippen molar-refractivity contribution in [1.29, 1.82) is 5.26 Å². The summed E-state index contributed by atoms with van der Waals surface area (Å²) in [5.74, 6) is -0.0529. The fraction of sp³-hybridized carbons (Fsp3) is 0.533. The molecule has 2 heterocycles. The number of nitrogens with two attached hydrogens (primary N) is 1. The highest BCUT2D eigenvalue weighted by atomic mass is 32.2. The molecule has 0 radical (unpaired) electrons. The van der Waals surface area contributed by atoms with Crippen LogP contribution in [0.3, 0.4) is 0 Å². The molecule has 2 aliphatic rings. The van der Waals surface area contributed by atoms with Gasteiger partial charge < -0.3 is 30.4 Å². The summed E-state index contributed by atoms with van der Waals surface area (Å²) in [6, 6.07) is 16.5. The average Bonchev–Trinajstić information content (AvgIpc) is 3.57. The summed E-state index contributed by atoms with van der Waals surface area (Å²) in [7, 11) is -4.10. The molecule has 12 heteroatoms. The molecule has 42 heavy (non-hydrogen) atoms. The van der Waals surface area contributed by atoms with E-state index in [0.717, 1.165) is 12.0 Å². The van der Waals surface area contributed by atoms with Gasteiger partial charge in [0, 0.05) is 25.2 Å². The number of carbonyl (C=O) groups excluding carboxylic acids is 1. The van der Waals surface area contributed by atoms with Crippen LogP contribution in [0, 0.1) is 22.7 Å². The number of sulfonamides is 1. The van der Waals surface area contributed by atoms with Gasteiger partial charge >= 0.3 is 6.09 Å². The van der Waals surface area contributed by atoms with E-state index in [4.69, 9.17) is 25.2 Å². The third-order valence-corrected chi connectivity index (χ3v) is 9.52. The molecular formula is C30H40N4O7S. The van der Waals surface area contributed by atoms with Gasteiger partial charge in [-0.15, -0.1) is 0 Å². The minimum atomic E-state index is -4.10. The van der Waals surface area contributed by atoms with E-state index in [1.54, 1.807) is 12.1 Å². The Hall–Kier alpha value is -3.21. The summed E-state index contributed by atoms with van der Waals surface area (Å²) in [6.45, 7) is 4.23. The average molecular weight is 601 g/mol. The summed E-state index contributed by atoms with van der Waals surface area (Å²) in [5.41, 5.74) is 6.45. The van der Waals surface area contributed by atoms with Crippen LogP contribution in [0.4, 0.5) is 10.5 Å². The lowest BCUT2D eigenvalue weighted by Gasteiger charge is -2.35. The maximum atomic E-state index is 13.9. The van der Waals surface area contributed by atoms with E-state index >= 15 is 0 Å². The third-order valence-electron chi connectivity index (χ3n) is 7.71. The largest absolute Gasteiger partial charge is 0.443 e. The van der Waals surface area contributed by atoms with E-state index in [1.807, 2.05) is 44.2 Å². The van der Waals surface area contributed by atoms with Crippen LogP contribution in [0.2, 0.25) is 0 Å². The number of aliphatic hydroxyl groups is 1. The first-order valence-corrected chi connectivity index (χ1v) is 15.6. The standard InChI is InChI=1S/C30H40N4O7S/c1-30(2,13-7-14-31)20-34(42(37,38)23-11-6-10-22(32)17-23)18-26(35)25(16-21-8-4-3-5-9-21)33-29(36)41-27-19-40-28-24(27)12-15-39-28/h3-6,8-11,17,24-28,35H,7,12-13,15-16,18-20,32H2,1-2H3,(H,33,36)/t24-,25+,26+,27-,28+/m1/s1. The van der Waals surface area contributed by atoms with Gasteiger partial charge in [0.2, 0.25) is 10.0 Å². The maximum absolute atomic E-state index is 13.9. The Labute approximate surface area is 247 Å². The molecule has 2 aromatic rings. The zero-order valence-corrected chi connectivity index (χ0v) is 24.8. The number of alkyl carbamates (subject to hydrolysis) is 1. The first-order valence-electron chi connectivity index (χ1n) is 14.1. The molecule has 1 amide bonds. The molecule has 2 aromatic carbocycles. The van der Waals surface area contributed by atoms with Crippen molar-refractivity contribution in [1.82, 2.24) is 9.62 Å². The molecule has 4 N–H and O–H groups in total. The topological polar surface area (TPSA) is 164 Å². The van der Waals surface area contributed by atoms with Crippen molar-refractivity contribution in [2.24, 2.45) is 11.3 Å². The number of benzene rings is 2. The third kappa shape index (κ3) is 8.20. The van der Waals surface area contributed by atoms with Crippen LogP contribution in [0.15, 0.2) is 59.5 Å². The second kappa shape index (κ2) is 13.8. The quantitative estimate of drug-likeness (QED) is 0.293. The minimum absolute atomic E-state index is 0.00710. The van der Waals surface area contributed by atoms with Crippen molar-refractivity contribution in [2.45, 2.75) is 69.0 Å². The predicted molar refractivity (Wildman–Crippen MR) is 155 cm³/mol. The number of anilines is 1. The van der Waals surface area contributed by atoms with Gasteiger partial charge in [0.1, 0.15) is 6.10 Å². The van der Waals surface area contributed by atoms with Crippen LogP contribution in [0.25, 0.3) is 0 Å². The molecule has 0 aliphatic carbocycles. The van der Waals surface area contributed by atoms with Crippen LogP contribution in [0.1, 0.15) is 38.7 Å². The highest BCUT2D eigenvalue weighted by Crippen LogP contribution is 2.33. The summed E-state index contributed by atoms with van der Waals surface area (Å²) >= 11 is 0. The molecule has 4 rings (SSSR count). The Kier molecular flexibility index (Phi) is 10.5. The van der Waals surface area contributed by atoms with Crippen molar-refractivity contribution in [3.63, 3.8) is 0 Å². The van der Waals surface area contributed by atoms with Crippen LogP contribution in [0.5, 0.6) is 0 Å². The van der Waals surface area contributed by atoms with E-state index in [1.165, 1.54) is 16.4 Å². The van der Waals surface area contributed by atoms with Gasteiger partial charge in [-0.05, 0) is 48.4 Å². The molecule has 11 nitrogen and oxygen atoms in total. The smallest absolute Gasteiger partial charge is 0.407 e. The van der Waals surface area contributed by atoms with Gasteiger partial charge in [-0.2, -0.15) is 9.57 Å². The van der Waals surface area contributed by atoms with E-state index in [0.29, 0.717) is 13.0 Å². The zero-order valence-electron chi connectivity index (χ0n) is 24.0. The number of hydrogen-bond acceptors (Lipinski definition) is 9. The lowest BCUT2D eigenvalue weighted by molar-refractivity contribution is -0.0907. The normalized spacial score (nSPS) is 21.8. The van der Waals surface area contributed by atoms with Crippen LogP contribution in [-0.4, -0.2) is 74.8 Å². The number of nitriles is 1. The lowest BCUT2D eigenvalue weighted by atomic mass is 9.88. The minimum Gasteiger partial charge on any atom is -0.443 e. The highest BCUT2D eigenvalue weighted by Gasteiger charge is 2.44. The molecule has 2 saturated heterocycles. The molecule has 228 valence electrons.